The monoisotopic (exact) mass is 319 g/mol. The number of hydrogen-bond donors (Lipinski definition) is 3. The van der Waals surface area contributed by atoms with Crippen molar-refractivity contribution >= 4 is 23.2 Å². The Morgan fingerprint density at radius 3 is 2.68 bits per heavy atom. The Morgan fingerprint density at radius 1 is 1.23 bits per heavy atom. The van der Waals surface area contributed by atoms with Gasteiger partial charge in [-0.25, -0.2) is 4.98 Å². The van der Waals surface area contributed by atoms with E-state index in [2.05, 4.69) is 15.6 Å². The van der Waals surface area contributed by atoms with Gasteiger partial charge in [0.15, 0.2) is 5.15 Å². The first-order valence-electron chi connectivity index (χ1n) is 7.00. The molecule has 0 fully saturated rings. The summed E-state index contributed by atoms with van der Waals surface area (Å²) >= 11 is 5.90. The lowest BCUT2D eigenvalue weighted by Crippen LogP contribution is -2.31. The SMILES string of the molecule is O=C(CNC(CCO)c1ccccc1)Nc1cccnc1Cl. The summed E-state index contributed by atoms with van der Waals surface area (Å²) in [5.41, 5.74) is 1.51. The van der Waals surface area contributed by atoms with Crippen LogP contribution in [0.1, 0.15) is 18.0 Å². The first-order chi connectivity index (χ1) is 10.7. The maximum atomic E-state index is 12.0. The molecule has 5 nitrogen and oxygen atoms in total. The lowest BCUT2D eigenvalue weighted by atomic mass is 10.0. The number of halogens is 1. The van der Waals surface area contributed by atoms with Gasteiger partial charge in [-0.3, -0.25) is 4.79 Å². The van der Waals surface area contributed by atoms with Crippen molar-refractivity contribution in [2.24, 2.45) is 0 Å². The van der Waals surface area contributed by atoms with Crippen molar-refractivity contribution in [2.75, 3.05) is 18.5 Å². The predicted octanol–water partition coefficient (Wildman–Crippen LogP) is 2.39. The van der Waals surface area contributed by atoms with Crippen LogP contribution in [-0.4, -0.2) is 29.1 Å². The van der Waals surface area contributed by atoms with Gasteiger partial charge in [-0.2, -0.15) is 0 Å². The molecule has 1 heterocycles. The lowest BCUT2D eigenvalue weighted by molar-refractivity contribution is -0.115. The highest BCUT2D eigenvalue weighted by Crippen LogP contribution is 2.18. The number of nitrogens with one attached hydrogen (secondary N) is 2. The minimum absolute atomic E-state index is 0.0443. The Hall–Kier alpha value is -1.95. The van der Waals surface area contributed by atoms with Crippen molar-refractivity contribution < 1.29 is 9.90 Å². The zero-order valence-corrected chi connectivity index (χ0v) is 12.8. The van der Waals surface area contributed by atoms with Crippen LogP contribution in [0, 0.1) is 0 Å². The van der Waals surface area contributed by atoms with E-state index >= 15 is 0 Å². The summed E-state index contributed by atoms with van der Waals surface area (Å²) < 4.78 is 0. The Labute approximate surface area is 134 Å². The fourth-order valence-corrected chi connectivity index (χ4v) is 2.26. The minimum Gasteiger partial charge on any atom is -0.396 e. The van der Waals surface area contributed by atoms with Crippen LogP contribution in [0.25, 0.3) is 0 Å². The van der Waals surface area contributed by atoms with Crippen molar-refractivity contribution in [3.8, 4) is 0 Å². The molecule has 1 amide bonds. The van der Waals surface area contributed by atoms with Crippen LogP contribution in [-0.2, 0) is 4.79 Å². The van der Waals surface area contributed by atoms with Crippen molar-refractivity contribution in [3.05, 3.63) is 59.4 Å². The quantitative estimate of drug-likeness (QED) is 0.685. The van der Waals surface area contributed by atoms with E-state index in [1.807, 2.05) is 30.3 Å². The van der Waals surface area contributed by atoms with E-state index in [0.717, 1.165) is 5.56 Å². The van der Waals surface area contributed by atoms with Crippen LogP contribution in [0.15, 0.2) is 48.7 Å². The zero-order chi connectivity index (χ0) is 15.8. The van der Waals surface area contributed by atoms with Gasteiger partial charge in [0, 0.05) is 18.8 Å². The Kier molecular flexibility index (Phi) is 6.33. The number of benzene rings is 1. The third kappa shape index (κ3) is 4.80. The Bertz CT molecular complexity index is 607. The van der Waals surface area contributed by atoms with Gasteiger partial charge in [0.05, 0.1) is 12.2 Å². The van der Waals surface area contributed by atoms with Gasteiger partial charge in [0.2, 0.25) is 5.91 Å². The summed E-state index contributed by atoms with van der Waals surface area (Å²) in [4.78, 5) is 15.9. The highest BCUT2D eigenvalue weighted by Gasteiger charge is 2.12. The molecule has 116 valence electrons. The van der Waals surface area contributed by atoms with Gasteiger partial charge in [-0.05, 0) is 24.1 Å². The Morgan fingerprint density at radius 2 is 2.00 bits per heavy atom. The molecule has 1 unspecified atom stereocenters. The molecule has 0 aliphatic carbocycles. The first-order valence-corrected chi connectivity index (χ1v) is 7.38. The molecule has 1 aromatic carbocycles. The summed E-state index contributed by atoms with van der Waals surface area (Å²) in [5, 5.41) is 15.3. The molecule has 0 saturated carbocycles. The average Bonchev–Trinajstić information content (AvgIpc) is 2.54. The van der Waals surface area contributed by atoms with Crippen LogP contribution >= 0.6 is 11.6 Å². The molecule has 1 aromatic heterocycles. The topological polar surface area (TPSA) is 74.2 Å². The van der Waals surface area contributed by atoms with E-state index in [9.17, 15) is 4.79 Å². The van der Waals surface area contributed by atoms with Gasteiger partial charge in [0.1, 0.15) is 0 Å². The number of pyridine rings is 1. The molecule has 0 saturated heterocycles. The fourth-order valence-electron chi connectivity index (χ4n) is 2.09. The maximum Gasteiger partial charge on any atom is 0.238 e. The second-order valence-corrected chi connectivity index (χ2v) is 5.10. The number of carbonyl (C=O) groups is 1. The van der Waals surface area contributed by atoms with Gasteiger partial charge in [-0.1, -0.05) is 41.9 Å². The Balaban J connectivity index is 1.92. The molecule has 3 N–H and O–H groups in total. The van der Waals surface area contributed by atoms with E-state index < -0.39 is 0 Å². The van der Waals surface area contributed by atoms with Gasteiger partial charge < -0.3 is 15.7 Å². The second kappa shape index (κ2) is 8.48. The molecular weight excluding hydrogens is 302 g/mol. The smallest absolute Gasteiger partial charge is 0.238 e. The first kappa shape index (κ1) is 16.4. The maximum absolute atomic E-state index is 12.0. The number of anilines is 1. The summed E-state index contributed by atoms with van der Waals surface area (Å²) in [6.45, 7) is 0.160. The minimum atomic E-state index is -0.214. The van der Waals surface area contributed by atoms with Crippen LogP contribution < -0.4 is 10.6 Å². The fraction of sp³-hybridized carbons (Fsp3) is 0.250. The van der Waals surface area contributed by atoms with Crippen LogP contribution in [0.4, 0.5) is 5.69 Å². The van der Waals surface area contributed by atoms with Crippen molar-refractivity contribution in [3.63, 3.8) is 0 Å². The molecule has 1 atom stereocenters. The van der Waals surface area contributed by atoms with Crippen molar-refractivity contribution in [1.82, 2.24) is 10.3 Å². The third-order valence-electron chi connectivity index (χ3n) is 3.16. The summed E-state index contributed by atoms with van der Waals surface area (Å²) in [7, 11) is 0. The third-order valence-corrected chi connectivity index (χ3v) is 3.46. The molecule has 0 spiro atoms. The summed E-state index contributed by atoms with van der Waals surface area (Å²) in [5.74, 6) is -0.214. The van der Waals surface area contributed by atoms with Crippen LogP contribution in [0.3, 0.4) is 0 Å². The van der Waals surface area contributed by atoms with Crippen molar-refractivity contribution in [2.45, 2.75) is 12.5 Å². The number of aliphatic hydroxyl groups is 1. The standard InChI is InChI=1S/C16H18ClN3O2/c17-16-14(7-4-9-18-16)20-15(22)11-19-13(8-10-21)12-5-2-1-3-6-12/h1-7,9,13,19,21H,8,10-11H2,(H,20,22). The normalized spacial score (nSPS) is 11.9. The molecule has 0 aliphatic rings. The largest absolute Gasteiger partial charge is 0.396 e. The molecular formula is C16H18ClN3O2. The molecule has 2 aromatic rings. The van der Waals surface area contributed by atoms with Gasteiger partial charge in [0.25, 0.3) is 0 Å². The number of hydrogen-bond acceptors (Lipinski definition) is 4. The van der Waals surface area contributed by atoms with E-state index in [4.69, 9.17) is 16.7 Å². The number of carbonyl (C=O) groups excluding carboxylic acids is 1. The molecule has 22 heavy (non-hydrogen) atoms. The molecule has 0 aliphatic heterocycles. The van der Waals surface area contributed by atoms with Crippen LogP contribution in [0.5, 0.6) is 0 Å². The second-order valence-electron chi connectivity index (χ2n) is 4.75. The highest BCUT2D eigenvalue weighted by molar-refractivity contribution is 6.32. The molecule has 0 bridgehead atoms. The summed E-state index contributed by atoms with van der Waals surface area (Å²) in [6, 6.07) is 13.0. The molecule has 6 heteroatoms. The van der Waals surface area contributed by atoms with E-state index in [-0.39, 0.29) is 30.3 Å². The molecule has 2 rings (SSSR count). The number of aromatic nitrogens is 1. The van der Waals surface area contributed by atoms with Gasteiger partial charge >= 0.3 is 0 Å². The van der Waals surface area contributed by atoms with Crippen molar-refractivity contribution in [1.29, 1.82) is 0 Å². The predicted molar refractivity (Wildman–Crippen MR) is 86.8 cm³/mol. The van der Waals surface area contributed by atoms with E-state index in [1.165, 1.54) is 0 Å². The van der Waals surface area contributed by atoms with Crippen LogP contribution in [0.2, 0.25) is 5.15 Å². The average molecular weight is 320 g/mol. The number of amides is 1. The number of rotatable bonds is 7. The molecule has 0 radical (unpaired) electrons. The van der Waals surface area contributed by atoms with E-state index in [1.54, 1.807) is 18.3 Å². The number of nitrogens with zero attached hydrogens (tertiary/aromatic N) is 1. The van der Waals surface area contributed by atoms with Gasteiger partial charge in [-0.15, -0.1) is 0 Å². The summed E-state index contributed by atoms with van der Waals surface area (Å²) in [6.07, 6.45) is 2.09. The van der Waals surface area contributed by atoms with E-state index in [0.29, 0.717) is 12.1 Å². The lowest BCUT2D eigenvalue weighted by Gasteiger charge is -2.18. The highest BCUT2D eigenvalue weighted by atomic mass is 35.5. The number of aliphatic hydroxyl groups excluding tert-OH is 1. The zero-order valence-electron chi connectivity index (χ0n) is 12.0.